The molecule has 19 heavy (non-hydrogen) atoms. The maximum Gasteiger partial charge on any atom is 0.335 e. The predicted molar refractivity (Wildman–Crippen MR) is 74.2 cm³/mol. The lowest BCUT2D eigenvalue weighted by atomic mass is 9.83. The van der Waals surface area contributed by atoms with Gasteiger partial charge in [0, 0.05) is 12.6 Å². The summed E-state index contributed by atoms with van der Waals surface area (Å²) in [4.78, 5) is 10.9. The summed E-state index contributed by atoms with van der Waals surface area (Å²) in [5, 5.41) is 12.5. The van der Waals surface area contributed by atoms with Crippen molar-refractivity contribution < 1.29 is 9.90 Å². The quantitative estimate of drug-likeness (QED) is 0.873. The largest absolute Gasteiger partial charge is 0.478 e. The second-order valence-corrected chi connectivity index (χ2v) is 6.16. The van der Waals surface area contributed by atoms with Gasteiger partial charge in [-0.25, -0.2) is 4.79 Å². The van der Waals surface area contributed by atoms with E-state index in [-0.39, 0.29) is 0 Å². The van der Waals surface area contributed by atoms with Gasteiger partial charge in [0.1, 0.15) is 0 Å². The number of carboxylic acid groups (broad SMARTS) is 1. The Bertz CT molecular complexity index is 469. The van der Waals surface area contributed by atoms with E-state index in [9.17, 15) is 4.79 Å². The summed E-state index contributed by atoms with van der Waals surface area (Å²) in [6.45, 7) is 0.777. The number of hydrogen-bond acceptors (Lipinski definition) is 2. The standard InChI is InChI=1S/C16H21NO2/c18-15(19)13-3-1-2-12(10-13)11-17-14-4-6-16(7-5-14)8-9-16/h1-3,10,14,17H,4-9,11H2,(H,18,19). The molecule has 102 valence electrons. The molecule has 0 saturated heterocycles. The summed E-state index contributed by atoms with van der Waals surface area (Å²) in [6.07, 6.45) is 8.19. The van der Waals surface area contributed by atoms with Gasteiger partial charge >= 0.3 is 5.97 Å². The van der Waals surface area contributed by atoms with Crippen molar-refractivity contribution in [1.29, 1.82) is 0 Å². The fourth-order valence-electron chi connectivity index (χ4n) is 3.19. The summed E-state index contributed by atoms with van der Waals surface area (Å²) in [6, 6.07) is 7.83. The smallest absolute Gasteiger partial charge is 0.335 e. The molecule has 3 heteroatoms. The van der Waals surface area contributed by atoms with Crippen molar-refractivity contribution in [3.63, 3.8) is 0 Å². The third-order valence-electron chi connectivity index (χ3n) is 4.77. The highest BCUT2D eigenvalue weighted by Crippen LogP contribution is 2.56. The van der Waals surface area contributed by atoms with Crippen molar-refractivity contribution in [1.82, 2.24) is 5.32 Å². The van der Waals surface area contributed by atoms with E-state index >= 15 is 0 Å². The van der Waals surface area contributed by atoms with Gasteiger partial charge in [0.05, 0.1) is 5.56 Å². The minimum absolute atomic E-state index is 0.375. The Hall–Kier alpha value is -1.35. The molecule has 2 aliphatic rings. The number of carbonyl (C=O) groups is 1. The summed E-state index contributed by atoms with van der Waals surface area (Å²) >= 11 is 0. The second kappa shape index (κ2) is 4.97. The Morgan fingerprint density at radius 2 is 2.00 bits per heavy atom. The van der Waals surface area contributed by atoms with Gasteiger partial charge in [0.2, 0.25) is 0 Å². The fraction of sp³-hybridized carbons (Fsp3) is 0.562. The Kier molecular flexibility index (Phi) is 3.31. The number of aromatic carboxylic acids is 1. The molecule has 2 aliphatic carbocycles. The highest BCUT2D eigenvalue weighted by atomic mass is 16.4. The molecule has 1 aromatic carbocycles. The lowest BCUT2D eigenvalue weighted by Gasteiger charge is -2.29. The molecule has 0 aliphatic heterocycles. The Morgan fingerprint density at radius 3 is 2.63 bits per heavy atom. The van der Waals surface area contributed by atoms with Crippen LogP contribution in [0.5, 0.6) is 0 Å². The zero-order valence-electron chi connectivity index (χ0n) is 11.2. The van der Waals surface area contributed by atoms with Crippen molar-refractivity contribution in [2.24, 2.45) is 5.41 Å². The van der Waals surface area contributed by atoms with Crippen LogP contribution in [0, 0.1) is 5.41 Å². The molecule has 2 fully saturated rings. The zero-order chi connectivity index (χ0) is 13.3. The van der Waals surface area contributed by atoms with E-state index in [0.29, 0.717) is 11.6 Å². The van der Waals surface area contributed by atoms with Gasteiger partial charge in [-0.2, -0.15) is 0 Å². The molecule has 0 aromatic heterocycles. The first kappa shape index (κ1) is 12.7. The molecule has 2 N–H and O–H groups in total. The lowest BCUT2D eigenvalue weighted by molar-refractivity contribution is 0.0696. The number of nitrogens with one attached hydrogen (secondary N) is 1. The van der Waals surface area contributed by atoms with Crippen molar-refractivity contribution in [2.75, 3.05) is 0 Å². The third kappa shape index (κ3) is 2.98. The highest BCUT2D eigenvalue weighted by molar-refractivity contribution is 5.87. The maximum absolute atomic E-state index is 10.9. The van der Waals surface area contributed by atoms with E-state index in [4.69, 9.17) is 5.11 Å². The molecule has 3 nitrogen and oxygen atoms in total. The zero-order valence-corrected chi connectivity index (χ0v) is 11.2. The van der Waals surface area contributed by atoms with Crippen LogP contribution >= 0.6 is 0 Å². The van der Waals surface area contributed by atoms with Crippen LogP contribution in [0.15, 0.2) is 24.3 Å². The van der Waals surface area contributed by atoms with Gasteiger partial charge in [-0.05, 0) is 61.6 Å². The molecule has 0 atom stereocenters. The third-order valence-corrected chi connectivity index (χ3v) is 4.77. The van der Waals surface area contributed by atoms with E-state index < -0.39 is 5.97 Å². The second-order valence-electron chi connectivity index (χ2n) is 6.16. The molecule has 3 rings (SSSR count). The van der Waals surface area contributed by atoms with E-state index in [1.54, 1.807) is 12.1 Å². The van der Waals surface area contributed by atoms with E-state index in [0.717, 1.165) is 17.5 Å². The van der Waals surface area contributed by atoms with Gasteiger partial charge in [0.25, 0.3) is 0 Å². The maximum atomic E-state index is 10.9. The Labute approximate surface area is 114 Å². The normalized spacial score (nSPS) is 21.5. The van der Waals surface area contributed by atoms with Gasteiger partial charge in [-0.1, -0.05) is 12.1 Å². The van der Waals surface area contributed by atoms with E-state index in [1.807, 2.05) is 12.1 Å². The number of carboxylic acids is 1. The van der Waals surface area contributed by atoms with Gasteiger partial charge < -0.3 is 10.4 Å². The van der Waals surface area contributed by atoms with Crippen LogP contribution in [-0.4, -0.2) is 17.1 Å². The van der Waals surface area contributed by atoms with E-state index in [2.05, 4.69) is 5.32 Å². The van der Waals surface area contributed by atoms with Gasteiger partial charge in [0.15, 0.2) is 0 Å². The van der Waals surface area contributed by atoms with Crippen LogP contribution < -0.4 is 5.32 Å². The first-order valence-corrected chi connectivity index (χ1v) is 7.23. The fourth-order valence-corrected chi connectivity index (χ4v) is 3.19. The summed E-state index contributed by atoms with van der Waals surface area (Å²) in [5.41, 5.74) is 2.17. The molecule has 0 bridgehead atoms. The minimum atomic E-state index is -0.852. The first-order valence-electron chi connectivity index (χ1n) is 7.23. The average molecular weight is 259 g/mol. The van der Waals surface area contributed by atoms with Crippen LogP contribution in [0.3, 0.4) is 0 Å². The molecular weight excluding hydrogens is 238 g/mol. The van der Waals surface area contributed by atoms with E-state index in [1.165, 1.54) is 38.5 Å². The van der Waals surface area contributed by atoms with Crippen molar-refractivity contribution in [3.8, 4) is 0 Å². The predicted octanol–water partition coefficient (Wildman–Crippen LogP) is 3.20. The van der Waals surface area contributed by atoms with Crippen molar-refractivity contribution in [2.45, 2.75) is 51.1 Å². The number of benzene rings is 1. The molecule has 0 radical (unpaired) electrons. The summed E-state index contributed by atoms with van der Waals surface area (Å²) in [5.74, 6) is -0.852. The van der Waals surface area contributed by atoms with Gasteiger partial charge in [-0.3, -0.25) is 0 Å². The van der Waals surface area contributed by atoms with Crippen LogP contribution in [0.4, 0.5) is 0 Å². The average Bonchev–Trinajstić information content (AvgIpc) is 3.18. The topological polar surface area (TPSA) is 49.3 Å². The molecule has 1 aromatic rings. The highest BCUT2D eigenvalue weighted by Gasteiger charge is 2.44. The van der Waals surface area contributed by atoms with Crippen LogP contribution in [0.2, 0.25) is 0 Å². The molecule has 0 unspecified atom stereocenters. The lowest BCUT2D eigenvalue weighted by Crippen LogP contribution is -2.33. The Balaban J connectivity index is 1.51. The first-order chi connectivity index (χ1) is 9.17. The number of rotatable bonds is 4. The van der Waals surface area contributed by atoms with Crippen LogP contribution in [0.25, 0.3) is 0 Å². The van der Waals surface area contributed by atoms with Crippen molar-refractivity contribution >= 4 is 5.97 Å². The SMILES string of the molecule is O=C(O)c1cccc(CNC2CCC3(CC2)CC3)c1. The number of hydrogen-bond donors (Lipinski definition) is 2. The Morgan fingerprint density at radius 1 is 1.26 bits per heavy atom. The molecule has 0 amide bonds. The molecular formula is C16H21NO2. The molecule has 2 saturated carbocycles. The van der Waals surface area contributed by atoms with Crippen molar-refractivity contribution in [3.05, 3.63) is 35.4 Å². The van der Waals surface area contributed by atoms with Crippen LogP contribution in [-0.2, 0) is 6.54 Å². The molecule has 0 heterocycles. The van der Waals surface area contributed by atoms with Crippen LogP contribution in [0.1, 0.15) is 54.4 Å². The summed E-state index contributed by atoms with van der Waals surface area (Å²) in [7, 11) is 0. The molecule has 1 spiro atoms. The minimum Gasteiger partial charge on any atom is -0.478 e. The van der Waals surface area contributed by atoms with Gasteiger partial charge in [-0.15, -0.1) is 0 Å². The monoisotopic (exact) mass is 259 g/mol. The summed E-state index contributed by atoms with van der Waals surface area (Å²) < 4.78 is 0.